The average Bonchev–Trinajstić information content (AvgIpc) is 2.50. The Morgan fingerprint density at radius 3 is 1.91 bits per heavy atom. The van der Waals surface area contributed by atoms with Crippen LogP contribution in [-0.2, 0) is 0 Å². The summed E-state index contributed by atoms with van der Waals surface area (Å²) in [7, 11) is 0. The lowest BCUT2D eigenvalue weighted by Gasteiger charge is -2.06. The van der Waals surface area contributed by atoms with E-state index in [1.165, 1.54) is 0 Å². The Hall–Kier alpha value is -3.38. The summed E-state index contributed by atoms with van der Waals surface area (Å²) in [5.41, 5.74) is 2.93. The third-order valence-electron chi connectivity index (χ3n) is 2.87. The van der Waals surface area contributed by atoms with Crippen molar-refractivity contribution in [2.24, 2.45) is 10.2 Å². The number of azo groups is 1. The van der Waals surface area contributed by atoms with Crippen molar-refractivity contribution < 1.29 is 9.47 Å². The first-order valence-electron chi connectivity index (χ1n) is 6.39. The summed E-state index contributed by atoms with van der Waals surface area (Å²) in [5.74, 6) is 0.991. The molecule has 0 fully saturated rings. The fourth-order valence-electron chi connectivity index (χ4n) is 1.94. The van der Waals surface area contributed by atoms with Gasteiger partial charge in [0.15, 0.2) is 0 Å². The second-order valence-corrected chi connectivity index (χ2v) is 4.49. The van der Waals surface area contributed by atoms with E-state index in [2.05, 4.69) is 15.0 Å². The van der Waals surface area contributed by atoms with Crippen LogP contribution in [0.25, 0.3) is 0 Å². The number of nitriles is 2. The summed E-state index contributed by atoms with van der Waals surface area (Å²) >= 11 is 0. The SMILES string of the molecule is Cc1cc(N=Nc2ccc(OC#N)cc2)cc(C)c1OC#N. The lowest BCUT2D eigenvalue weighted by molar-refractivity contribution is 0.499. The molecule has 0 atom stereocenters. The van der Waals surface area contributed by atoms with Gasteiger partial charge in [-0.1, -0.05) is 0 Å². The van der Waals surface area contributed by atoms with E-state index in [1.807, 2.05) is 13.8 Å². The normalized spacial score (nSPS) is 10.0. The molecule has 22 heavy (non-hydrogen) atoms. The van der Waals surface area contributed by atoms with Crippen LogP contribution in [0.4, 0.5) is 11.4 Å². The topological polar surface area (TPSA) is 90.8 Å². The van der Waals surface area contributed by atoms with Crippen molar-refractivity contribution >= 4 is 11.4 Å². The predicted octanol–water partition coefficient (Wildman–Crippen LogP) is 4.44. The molecule has 0 N–H and O–H groups in total. The van der Waals surface area contributed by atoms with Crippen LogP contribution in [0.2, 0.25) is 0 Å². The summed E-state index contributed by atoms with van der Waals surface area (Å²) in [5, 5.41) is 25.3. The summed E-state index contributed by atoms with van der Waals surface area (Å²) in [6.07, 6.45) is 3.27. The molecule has 2 aromatic carbocycles. The van der Waals surface area contributed by atoms with Crippen molar-refractivity contribution in [2.75, 3.05) is 0 Å². The zero-order valence-corrected chi connectivity index (χ0v) is 12.1. The first kappa shape index (κ1) is 15.0. The number of benzene rings is 2. The second-order valence-electron chi connectivity index (χ2n) is 4.49. The quantitative estimate of drug-likeness (QED) is 0.615. The van der Waals surface area contributed by atoms with Gasteiger partial charge in [-0.25, -0.2) is 0 Å². The Morgan fingerprint density at radius 1 is 0.818 bits per heavy atom. The van der Waals surface area contributed by atoms with Gasteiger partial charge in [-0.15, -0.1) is 10.5 Å². The van der Waals surface area contributed by atoms with E-state index in [9.17, 15) is 0 Å². The maximum Gasteiger partial charge on any atom is 0.292 e. The van der Waals surface area contributed by atoms with Gasteiger partial charge in [0.05, 0.1) is 11.4 Å². The zero-order chi connectivity index (χ0) is 15.9. The fourth-order valence-corrected chi connectivity index (χ4v) is 1.94. The van der Waals surface area contributed by atoms with E-state index < -0.39 is 0 Å². The molecule has 0 saturated carbocycles. The lowest BCUT2D eigenvalue weighted by atomic mass is 10.1. The lowest BCUT2D eigenvalue weighted by Crippen LogP contribution is -1.89. The molecule has 2 rings (SSSR count). The number of ether oxygens (including phenoxy) is 2. The van der Waals surface area contributed by atoms with Crippen LogP contribution < -0.4 is 9.47 Å². The fraction of sp³-hybridized carbons (Fsp3) is 0.125. The van der Waals surface area contributed by atoms with Gasteiger partial charge in [-0.2, -0.15) is 10.2 Å². The van der Waals surface area contributed by atoms with Crippen molar-refractivity contribution in [1.29, 1.82) is 10.5 Å². The van der Waals surface area contributed by atoms with Gasteiger partial charge in [0.1, 0.15) is 11.5 Å². The maximum absolute atomic E-state index is 8.61. The van der Waals surface area contributed by atoms with Gasteiger partial charge in [-0.3, -0.25) is 0 Å². The van der Waals surface area contributed by atoms with Gasteiger partial charge < -0.3 is 9.47 Å². The van der Waals surface area contributed by atoms with Gasteiger partial charge in [0, 0.05) is 0 Å². The average molecular weight is 292 g/mol. The van der Waals surface area contributed by atoms with Crippen LogP contribution in [-0.4, -0.2) is 0 Å². The molecule has 0 aromatic heterocycles. The molecule has 0 saturated heterocycles. The van der Waals surface area contributed by atoms with E-state index in [1.54, 1.807) is 48.9 Å². The van der Waals surface area contributed by atoms with E-state index in [-0.39, 0.29) is 0 Å². The van der Waals surface area contributed by atoms with Gasteiger partial charge in [-0.05, 0) is 61.4 Å². The Labute approximate surface area is 127 Å². The Kier molecular flexibility index (Phi) is 4.69. The molecule has 0 bridgehead atoms. The van der Waals surface area contributed by atoms with Gasteiger partial charge in [0.25, 0.3) is 12.5 Å². The molecule has 0 aliphatic rings. The molecular weight excluding hydrogens is 280 g/mol. The van der Waals surface area contributed by atoms with Gasteiger partial charge >= 0.3 is 0 Å². The predicted molar refractivity (Wildman–Crippen MR) is 79.0 cm³/mol. The summed E-state index contributed by atoms with van der Waals surface area (Å²) in [6, 6.07) is 10.2. The van der Waals surface area contributed by atoms with Crippen LogP contribution in [0, 0.1) is 36.9 Å². The minimum Gasteiger partial charge on any atom is -0.388 e. The number of nitrogens with zero attached hydrogens (tertiary/aromatic N) is 4. The minimum absolute atomic E-state index is 0.450. The summed E-state index contributed by atoms with van der Waals surface area (Å²) < 4.78 is 9.60. The summed E-state index contributed by atoms with van der Waals surface area (Å²) in [6.45, 7) is 3.68. The van der Waals surface area contributed by atoms with E-state index in [0.29, 0.717) is 22.9 Å². The largest absolute Gasteiger partial charge is 0.388 e. The molecule has 6 nitrogen and oxygen atoms in total. The molecule has 108 valence electrons. The van der Waals surface area contributed by atoms with Crippen molar-refractivity contribution in [3.8, 4) is 24.0 Å². The van der Waals surface area contributed by atoms with Gasteiger partial charge in [0.2, 0.25) is 0 Å². The smallest absolute Gasteiger partial charge is 0.292 e. The standard InChI is InChI=1S/C16H12N4O2/c1-11-7-14(8-12(2)16(11)22-10-18)20-19-13-3-5-15(6-4-13)21-9-17/h3-8H,1-2H3. The molecule has 0 amide bonds. The van der Waals surface area contributed by atoms with Crippen LogP contribution in [0.1, 0.15) is 11.1 Å². The maximum atomic E-state index is 8.61. The van der Waals surface area contributed by atoms with Crippen LogP contribution >= 0.6 is 0 Å². The first-order valence-corrected chi connectivity index (χ1v) is 6.39. The first-order chi connectivity index (χ1) is 10.6. The Morgan fingerprint density at radius 2 is 1.36 bits per heavy atom. The van der Waals surface area contributed by atoms with E-state index >= 15 is 0 Å². The number of rotatable bonds is 4. The number of hydrogen-bond donors (Lipinski definition) is 0. The van der Waals surface area contributed by atoms with Crippen molar-refractivity contribution in [2.45, 2.75) is 13.8 Å². The third kappa shape index (κ3) is 3.59. The van der Waals surface area contributed by atoms with E-state index in [0.717, 1.165) is 11.1 Å². The zero-order valence-electron chi connectivity index (χ0n) is 12.1. The molecule has 0 aliphatic heterocycles. The number of hydrogen-bond acceptors (Lipinski definition) is 6. The summed E-state index contributed by atoms with van der Waals surface area (Å²) in [4.78, 5) is 0. The molecule has 0 spiro atoms. The third-order valence-corrected chi connectivity index (χ3v) is 2.87. The molecule has 0 heterocycles. The monoisotopic (exact) mass is 292 g/mol. The molecule has 0 radical (unpaired) electrons. The van der Waals surface area contributed by atoms with Crippen molar-refractivity contribution in [3.05, 3.63) is 47.5 Å². The van der Waals surface area contributed by atoms with Crippen LogP contribution in [0.5, 0.6) is 11.5 Å². The molecule has 2 aromatic rings. The molecule has 0 aliphatic carbocycles. The highest BCUT2D eigenvalue weighted by molar-refractivity contribution is 5.52. The highest BCUT2D eigenvalue weighted by Crippen LogP contribution is 2.29. The van der Waals surface area contributed by atoms with Crippen LogP contribution in [0.3, 0.4) is 0 Å². The Balaban J connectivity index is 2.20. The van der Waals surface area contributed by atoms with Crippen molar-refractivity contribution in [1.82, 2.24) is 0 Å². The highest BCUT2D eigenvalue weighted by atomic mass is 16.5. The minimum atomic E-state index is 0.450. The number of aryl methyl sites for hydroxylation is 2. The highest BCUT2D eigenvalue weighted by Gasteiger charge is 2.06. The molecule has 6 heteroatoms. The van der Waals surface area contributed by atoms with Crippen molar-refractivity contribution in [3.63, 3.8) is 0 Å². The Bertz CT molecular complexity index is 760. The van der Waals surface area contributed by atoms with E-state index in [4.69, 9.17) is 15.3 Å². The second kappa shape index (κ2) is 6.87. The van der Waals surface area contributed by atoms with Crippen LogP contribution in [0.15, 0.2) is 46.6 Å². The molecule has 0 unspecified atom stereocenters. The molecular formula is C16H12N4O2.